The van der Waals surface area contributed by atoms with E-state index in [0.29, 0.717) is 0 Å². The molecule has 1 aliphatic heterocycles. The zero-order valence-electron chi connectivity index (χ0n) is 15.1. The average molecular weight is 356 g/mol. The summed E-state index contributed by atoms with van der Waals surface area (Å²) in [6.45, 7) is 3.85. The molecule has 27 heavy (non-hydrogen) atoms. The van der Waals surface area contributed by atoms with E-state index in [2.05, 4.69) is 28.8 Å². The molecule has 0 saturated heterocycles. The Kier molecular flexibility index (Phi) is 3.69. The molecule has 1 N–H and O–H groups in total. The summed E-state index contributed by atoms with van der Waals surface area (Å²) in [5, 5.41) is 3.38. The summed E-state index contributed by atoms with van der Waals surface area (Å²) in [4.78, 5) is 17.5. The number of rotatable bonds is 2. The minimum atomic E-state index is -0.0459. The number of hydrogen-bond acceptors (Lipinski definition) is 3. The molecule has 0 unspecified atom stereocenters. The molecule has 1 aliphatic rings. The molecule has 5 rings (SSSR count). The molecule has 0 saturated carbocycles. The van der Waals surface area contributed by atoms with E-state index in [4.69, 9.17) is 4.98 Å². The number of benzene rings is 1. The molecule has 0 amide bonds. The molecule has 3 aromatic heterocycles. The molecule has 0 spiro atoms. The Balaban J connectivity index is 1.56. The maximum absolute atomic E-state index is 12.7. The van der Waals surface area contributed by atoms with Crippen LogP contribution in [0.2, 0.25) is 0 Å². The van der Waals surface area contributed by atoms with Gasteiger partial charge in [0.25, 0.3) is 5.56 Å². The van der Waals surface area contributed by atoms with Gasteiger partial charge in [0.15, 0.2) is 0 Å². The van der Waals surface area contributed by atoms with Crippen LogP contribution in [0.25, 0.3) is 22.5 Å². The van der Waals surface area contributed by atoms with Crippen LogP contribution in [0.1, 0.15) is 17.0 Å². The SMILES string of the molecule is Cc1ccc(-c2ccn(-c3ccn4c5c(nc4c3)CCNC5)c(=O)c2)cc1. The van der Waals surface area contributed by atoms with Crippen LogP contribution in [0.3, 0.4) is 0 Å². The fourth-order valence-corrected chi connectivity index (χ4v) is 3.70. The quantitative estimate of drug-likeness (QED) is 0.600. The highest BCUT2D eigenvalue weighted by molar-refractivity contribution is 5.63. The first-order valence-electron chi connectivity index (χ1n) is 9.20. The molecule has 0 bridgehead atoms. The van der Waals surface area contributed by atoms with Crippen LogP contribution in [0.5, 0.6) is 0 Å². The minimum Gasteiger partial charge on any atom is -0.311 e. The number of fused-ring (bicyclic) bond motifs is 3. The summed E-state index contributed by atoms with van der Waals surface area (Å²) < 4.78 is 3.78. The van der Waals surface area contributed by atoms with E-state index in [0.717, 1.165) is 47.7 Å². The molecule has 1 aromatic carbocycles. The molecular weight excluding hydrogens is 336 g/mol. The molecule has 5 heteroatoms. The molecule has 4 aromatic rings. The maximum Gasteiger partial charge on any atom is 0.255 e. The molecule has 0 fully saturated rings. The summed E-state index contributed by atoms with van der Waals surface area (Å²) in [6, 6.07) is 15.8. The topological polar surface area (TPSA) is 51.3 Å². The first kappa shape index (κ1) is 16.0. The van der Waals surface area contributed by atoms with Gasteiger partial charge in [-0.05, 0) is 30.2 Å². The van der Waals surface area contributed by atoms with Gasteiger partial charge in [0.2, 0.25) is 0 Å². The summed E-state index contributed by atoms with van der Waals surface area (Å²) in [6.07, 6.45) is 4.79. The van der Waals surface area contributed by atoms with Crippen molar-refractivity contribution in [3.05, 3.63) is 88.2 Å². The van der Waals surface area contributed by atoms with Crippen LogP contribution < -0.4 is 10.9 Å². The van der Waals surface area contributed by atoms with Gasteiger partial charge < -0.3 is 9.72 Å². The van der Waals surface area contributed by atoms with Crippen molar-refractivity contribution in [3.8, 4) is 16.8 Å². The van der Waals surface area contributed by atoms with Crippen molar-refractivity contribution in [1.29, 1.82) is 0 Å². The second-order valence-electron chi connectivity index (χ2n) is 7.03. The van der Waals surface area contributed by atoms with Crippen molar-refractivity contribution in [1.82, 2.24) is 19.3 Å². The van der Waals surface area contributed by atoms with Crippen LogP contribution in [-0.4, -0.2) is 20.5 Å². The van der Waals surface area contributed by atoms with E-state index in [-0.39, 0.29) is 5.56 Å². The standard InChI is InChI=1S/C22H20N4O/c1-15-2-4-16(5-3-15)17-7-10-25(22(27)12-17)18-8-11-26-20-14-23-9-6-19(20)24-21(26)13-18/h2-5,7-8,10-13,23H,6,9,14H2,1H3. The summed E-state index contributed by atoms with van der Waals surface area (Å²) >= 11 is 0. The average Bonchev–Trinajstić information content (AvgIpc) is 3.06. The van der Waals surface area contributed by atoms with Crippen molar-refractivity contribution in [2.75, 3.05) is 6.54 Å². The van der Waals surface area contributed by atoms with Crippen molar-refractivity contribution < 1.29 is 0 Å². The van der Waals surface area contributed by atoms with Crippen LogP contribution in [0.15, 0.2) is 65.7 Å². The van der Waals surface area contributed by atoms with Crippen molar-refractivity contribution in [2.24, 2.45) is 0 Å². The zero-order chi connectivity index (χ0) is 18.4. The Labute approximate surface area is 156 Å². The Morgan fingerprint density at radius 1 is 1.00 bits per heavy atom. The van der Waals surface area contributed by atoms with Crippen LogP contribution in [0, 0.1) is 6.92 Å². The molecule has 5 nitrogen and oxygen atoms in total. The van der Waals surface area contributed by atoms with Gasteiger partial charge in [-0.3, -0.25) is 9.36 Å². The third-order valence-electron chi connectivity index (χ3n) is 5.21. The lowest BCUT2D eigenvalue weighted by Gasteiger charge is -2.12. The number of nitrogens with zero attached hydrogens (tertiary/aromatic N) is 3. The lowest BCUT2D eigenvalue weighted by atomic mass is 10.1. The predicted molar refractivity (Wildman–Crippen MR) is 106 cm³/mol. The van der Waals surface area contributed by atoms with Gasteiger partial charge in [-0.25, -0.2) is 4.98 Å². The van der Waals surface area contributed by atoms with Crippen molar-refractivity contribution in [2.45, 2.75) is 19.9 Å². The van der Waals surface area contributed by atoms with E-state index in [1.807, 2.05) is 42.7 Å². The van der Waals surface area contributed by atoms with Gasteiger partial charge in [-0.15, -0.1) is 0 Å². The van der Waals surface area contributed by atoms with Gasteiger partial charge in [0.05, 0.1) is 17.1 Å². The largest absolute Gasteiger partial charge is 0.311 e. The van der Waals surface area contributed by atoms with Gasteiger partial charge >= 0.3 is 0 Å². The molecule has 134 valence electrons. The highest BCUT2D eigenvalue weighted by atomic mass is 16.1. The minimum absolute atomic E-state index is 0.0459. The lowest BCUT2D eigenvalue weighted by Crippen LogP contribution is -2.24. The van der Waals surface area contributed by atoms with Gasteiger partial charge in [0, 0.05) is 44.0 Å². The van der Waals surface area contributed by atoms with E-state index in [1.165, 1.54) is 11.3 Å². The molecule has 4 heterocycles. The third kappa shape index (κ3) is 2.76. The summed E-state index contributed by atoms with van der Waals surface area (Å²) in [7, 11) is 0. The number of aromatic nitrogens is 3. The fourth-order valence-electron chi connectivity index (χ4n) is 3.70. The predicted octanol–water partition coefficient (Wildman–Crippen LogP) is 3.11. The first-order chi connectivity index (χ1) is 13.2. The molecule has 0 aliphatic carbocycles. The lowest BCUT2D eigenvalue weighted by molar-refractivity contribution is 0.621. The number of imidazole rings is 1. The number of nitrogens with one attached hydrogen (secondary N) is 1. The van der Waals surface area contributed by atoms with E-state index < -0.39 is 0 Å². The Hall–Kier alpha value is -3.18. The number of aryl methyl sites for hydroxylation is 1. The van der Waals surface area contributed by atoms with Crippen LogP contribution in [-0.2, 0) is 13.0 Å². The Morgan fingerprint density at radius 2 is 1.85 bits per heavy atom. The van der Waals surface area contributed by atoms with Crippen LogP contribution in [0.4, 0.5) is 0 Å². The van der Waals surface area contributed by atoms with E-state index >= 15 is 0 Å². The van der Waals surface area contributed by atoms with Gasteiger partial charge in [0.1, 0.15) is 5.65 Å². The third-order valence-corrected chi connectivity index (χ3v) is 5.21. The Morgan fingerprint density at radius 3 is 2.67 bits per heavy atom. The molecular formula is C22H20N4O. The second kappa shape index (κ2) is 6.21. The maximum atomic E-state index is 12.7. The molecule has 0 atom stereocenters. The zero-order valence-corrected chi connectivity index (χ0v) is 15.1. The van der Waals surface area contributed by atoms with Gasteiger partial charge in [-0.2, -0.15) is 0 Å². The summed E-state index contributed by atoms with van der Waals surface area (Å²) in [5.41, 5.74) is 7.22. The number of pyridine rings is 2. The second-order valence-corrected chi connectivity index (χ2v) is 7.03. The van der Waals surface area contributed by atoms with Crippen molar-refractivity contribution in [3.63, 3.8) is 0 Å². The first-order valence-corrected chi connectivity index (χ1v) is 9.20. The monoisotopic (exact) mass is 356 g/mol. The smallest absolute Gasteiger partial charge is 0.255 e. The normalized spacial score (nSPS) is 13.7. The molecule has 0 radical (unpaired) electrons. The fraction of sp³-hybridized carbons (Fsp3) is 0.182. The Bertz CT molecular complexity index is 1200. The van der Waals surface area contributed by atoms with E-state index in [9.17, 15) is 4.79 Å². The van der Waals surface area contributed by atoms with Gasteiger partial charge in [-0.1, -0.05) is 29.8 Å². The number of hydrogen-bond donors (Lipinski definition) is 1. The highest BCUT2D eigenvalue weighted by Crippen LogP contribution is 2.20. The van der Waals surface area contributed by atoms with Crippen LogP contribution >= 0.6 is 0 Å². The highest BCUT2D eigenvalue weighted by Gasteiger charge is 2.16. The van der Waals surface area contributed by atoms with Crippen molar-refractivity contribution >= 4 is 5.65 Å². The van der Waals surface area contributed by atoms with E-state index in [1.54, 1.807) is 10.6 Å². The summed E-state index contributed by atoms with van der Waals surface area (Å²) in [5.74, 6) is 0.